The maximum Gasteiger partial charge on any atom is 0.252 e. The van der Waals surface area contributed by atoms with Gasteiger partial charge in [-0.3, -0.25) is 4.79 Å². The Morgan fingerprint density at radius 3 is 3.18 bits per heavy atom. The van der Waals surface area contributed by atoms with Gasteiger partial charge in [-0.25, -0.2) is 4.98 Å². The number of halogens is 1. The van der Waals surface area contributed by atoms with Crippen LogP contribution in [0.4, 0.5) is 11.5 Å². The lowest BCUT2D eigenvalue weighted by molar-refractivity contribution is -0.121. The van der Waals surface area contributed by atoms with E-state index in [2.05, 4.69) is 15.3 Å². The first-order valence-electron chi connectivity index (χ1n) is 5.29. The summed E-state index contributed by atoms with van der Waals surface area (Å²) in [5.74, 6) is 0.561. The van der Waals surface area contributed by atoms with Crippen LogP contribution in [0.15, 0.2) is 6.20 Å². The molecule has 1 atom stereocenters. The summed E-state index contributed by atoms with van der Waals surface area (Å²) in [6, 6.07) is 0. The average molecular weight is 255 g/mol. The largest absolute Gasteiger partial charge is 0.378 e. The molecule has 1 fully saturated rings. The lowest BCUT2D eigenvalue weighted by Crippen LogP contribution is -2.59. The second-order valence-electron chi connectivity index (χ2n) is 4.22. The molecule has 2 aliphatic heterocycles. The van der Waals surface area contributed by atoms with E-state index in [1.165, 1.54) is 6.20 Å². The second-order valence-corrected chi connectivity index (χ2v) is 4.56. The molecule has 3 heterocycles. The van der Waals surface area contributed by atoms with Crippen LogP contribution in [0.2, 0.25) is 5.28 Å². The number of nitrogens with one attached hydrogen (secondary N) is 1. The van der Waals surface area contributed by atoms with Gasteiger partial charge in [-0.2, -0.15) is 4.98 Å². The minimum absolute atomic E-state index is 0.0732. The molecule has 6 nitrogen and oxygen atoms in total. The summed E-state index contributed by atoms with van der Waals surface area (Å²) in [4.78, 5) is 22.0. The Kier molecular flexibility index (Phi) is 2.24. The maximum atomic E-state index is 12.2. The number of fused-ring (bicyclic) bond motifs is 1. The predicted octanol–water partition coefficient (Wildman–Crippen LogP) is 0.677. The third-order valence-electron chi connectivity index (χ3n) is 3.37. The minimum atomic E-state index is -0.662. The predicted molar refractivity (Wildman–Crippen MR) is 62.2 cm³/mol. The van der Waals surface area contributed by atoms with Crippen molar-refractivity contribution in [3.05, 3.63) is 11.5 Å². The number of hydrogen-bond acceptors (Lipinski definition) is 5. The Bertz CT molecular complexity index is 487. The summed E-state index contributed by atoms with van der Waals surface area (Å²) < 4.78 is 5.34. The lowest BCUT2D eigenvalue weighted by Gasteiger charge is -2.41. The molecular weight excluding hydrogens is 244 g/mol. The highest BCUT2D eigenvalue weighted by Crippen LogP contribution is 2.38. The number of hydrogen-bond donors (Lipinski definition) is 1. The van der Waals surface area contributed by atoms with Crippen LogP contribution in [0.1, 0.15) is 6.42 Å². The van der Waals surface area contributed by atoms with Crippen molar-refractivity contribution in [1.29, 1.82) is 0 Å². The Morgan fingerprint density at radius 1 is 1.65 bits per heavy atom. The van der Waals surface area contributed by atoms with Crippen molar-refractivity contribution in [2.24, 2.45) is 0 Å². The van der Waals surface area contributed by atoms with Crippen LogP contribution < -0.4 is 10.2 Å². The van der Waals surface area contributed by atoms with Crippen LogP contribution in [0, 0.1) is 0 Å². The number of nitrogens with zero attached hydrogens (tertiary/aromatic N) is 3. The fraction of sp³-hybridized carbons (Fsp3) is 0.500. The van der Waals surface area contributed by atoms with E-state index >= 15 is 0 Å². The van der Waals surface area contributed by atoms with Crippen LogP contribution in [-0.4, -0.2) is 41.7 Å². The van der Waals surface area contributed by atoms with Gasteiger partial charge in [0.15, 0.2) is 5.82 Å². The zero-order chi connectivity index (χ0) is 12.0. The van der Waals surface area contributed by atoms with E-state index in [0.29, 0.717) is 31.1 Å². The molecule has 1 saturated heterocycles. The van der Waals surface area contributed by atoms with E-state index < -0.39 is 5.54 Å². The molecule has 7 heteroatoms. The fourth-order valence-corrected chi connectivity index (χ4v) is 2.42. The summed E-state index contributed by atoms with van der Waals surface area (Å²) >= 11 is 5.78. The zero-order valence-corrected chi connectivity index (χ0v) is 9.99. The van der Waals surface area contributed by atoms with E-state index in [1.807, 2.05) is 11.9 Å². The summed E-state index contributed by atoms with van der Waals surface area (Å²) in [7, 11) is 1.83. The van der Waals surface area contributed by atoms with Crippen molar-refractivity contribution in [3.8, 4) is 0 Å². The highest BCUT2D eigenvalue weighted by Gasteiger charge is 2.50. The monoisotopic (exact) mass is 254 g/mol. The number of likely N-dealkylation sites (N-methyl/N-ethyl adjacent to an activating group) is 1. The number of aromatic nitrogens is 2. The van der Waals surface area contributed by atoms with Crippen molar-refractivity contribution in [3.63, 3.8) is 0 Å². The molecule has 2 aliphatic rings. The van der Waals surface area contributed by atoms with Gasteiger partial charge in [0, 0.05) is 20.1 Å². The number of amides is 1. The summed E-state index contributed by atoms with van der Waals surface area (Å²) in [5.41, 5.74) is -0.0792. The topological polar surface area (TPSA) is 67.4 Å². The number of carbonyl (C=O) groups is 1. The SMILES string of the molecule is CN1c2nc(Cl)ncc2NC(=O)C12CCOC2. The van der Waals surface area contributed by atoms with Crippen molar-refractivity contribution in [1.82, 2.24) is 9.97 Å². The van der Waals surface area contributed by atoms with Crippen LogP contribution in [0.25, 0.3) is 0 Å². The normalized spacial score (nSPS) is 27.2. The molecule has 17 heavy (non-hydrogen) atoms. The molecule has 1 aromatic heterocycles. The van der Waals surface area contributed by atoms with Gasteiger partial charge in [-0.15, -0.1) is 0 Å². The molecule has 90 valence electrons. The van der Waals surface area contributed by atoms with Gasteiger partial charge in [0.05, 0.1) is 12.8 Å². The van der Waals surface area contributed by atoms with Gasteiger partial charge in [0.2, 0.25) is 5.28 Å². The molecule has 1 amide bonds. The van der Waals surface area contributed by atoms with Gasteiger partial charge in [-0.1, -0.05) is 0 Å². The highest BCUT2D eigenvalue weighted by atomic mass is 35.5. The van der Waals surface area contributed by atoms with Crippen molar-refractivity contribution in [2.75, 3.05) is 30.5 Å². The van der Waals surface area contributed by atoms with E-state index in [4.69, 9.17) is 16.3 Å². The van der Waals surface area contributed by atoms with Crippen molar-refractivity contribution >= 4 is 29.0 Å². The molecule has 0 aromatic carbocycles. The third kappa shape index (κ3) is 1.41. The molecular formula is C10H11ClN4O2. The van der Waals surface area contributed by atoms with Gasteiger partial charge in [0.1, 0.15) is 11.2 Å². The first-order valence-corrected chi connectivity index (χ1v) is 5.67. The molecule has 0 bridgehead atoms. The Balaban J connectivity index is 2.11. The van der Waals surface area contributed by atoms with E-state index in [0.717, 1.165) is 0 Å². The van der Waals surface area contributed by atoms with E-state index in [9.17, 15) is 4.79 Å². The van der Waals surface area contributed by atoms with Gasteiger partial charge >= 0.3 is 0 Å². The Labute approximate surface area is 103 Å². The second kappa shape index (κ2) is 3.54. The third-order valence-corrected chi connectivity index (χ3v) is 3.55. The van der Waals surface area contributed by atoms with Crippen LogP contribution in [0.3, 0.4) is 0 Å². The van der Waals surface area contributed by atoms with Gasteiger partial charge in [0.25, 0.3) is 5.91 Å². The quantitative estimate of drug-likeness (QED) is 0.690. The number of rotatable bonds is 0. The molecule has 1 spiro atoms. The summed E-state index contributed by atoms with van der Waals surface area (Å²) in [6.07, 6.45) is 2.16. The first kappa shape index (κ1) is 10.7. The molecule has 3 rings (SSSR count). The van der Waals surface area contributed by atoms with E-state index in [1.54, 1.807) is 0 Å². The van der Waals surface area contributed by atoms with E-state index in [-0.39, 0.29) is 11.2 Å². The van der Waals surface area contributed by atoms with Gasteiger partial charge < -0.3 is 15.0 Å². The van der Waals surface area contributed by atoms with Crippen molar-refractivity contribution < 1.29 is 9.53 Å². The first-order chi connectivity index (χ1) is 8.13. The molecule has 0 radical (unpaired) electrons. The number of anilines is 2. The zero-order valence-electron chi connectivity index (χ0n) is 9.23. The average Bonchev–Trinajstić information content (AvgIpc) is 2.79. The smallest absolute Gasteiger partial charge is 0.252 e. The van der Waals surface area contributed by atoms with Gasteiger partial charge in [-0.05, 0) is 11.6 Å². The summed E-state index contributed by atoms with van der Waals surface area (Å²) in [5, 5.41) is 2.97. The van der Waals surface area contributed by atoms with Crippen LogP contribution in [-0.2, 0) is 9.53 Å². The summed E-state index contributed by atoms with van der Waals surface area (Å²) in [6.45, 7) is 0.947. The molecule has 1 aromatic rings. The maximum absolute atomic E-state index is 12.2. The minimum Gasteiger partial charge on any atom is -0.378 e. The number of carbonyl (C=O) groups excluding carboxylic acids is 1. The highest BCUT2D eigenvalue weighted by molar-refractivity contribution is 6.28. The standard InChI is InChI=1S/C10H11ClN4O2/c1-15-7-6(4-12-9(11)14-7)13-8(16)10(15)2-3-17-5-10/h4H,2-3,5H2,1H3,(H,13,16). The molecule has 0 aliphatic carbocycles. The number of ether oxygens (including phenoxy) is 1. The Hall–Kier alpha value is -1.40. The van der Waals surface area contributed by atoms with Crippen molar-refractivity contribution in [2.45, 2.75) is 12.0 Å². The lowest BCUT2D eigenvalue weighted by atomic mass is 9.93. The molecule has 1 N–H and O–H groups in total. The Morgan fingerprint density at radius 2 is 2.47 bits per heavy atom. The fourth-order valence-electron chi connectivity index (χ4n) is 2.29. The molecule has 1 unspecified atom stereocenters. The molecule has 0 saturated carbocycles. The van der Waals surface area contributed by atoms with Crippen LogP contribution >= 0.6 is 11.6 Å². The van der Waals surface area contributed by atoms with Crippen LogP contribution in [0.5, 0.6) is 0 Å².